The van der Waals surface area contributed by atoms with E-state index in [1.807, 2.05) is 0 Å². The Hall–Kier alpha value is -2.19. The second-order valence-corrected chi connectivity index (χ2v) is 6.44. The second kappa shape index (κ2) is 15.1. The van der Waals surface area contributed by atoms with Gasteiger partial charge in [0.05, 0.1) is 0 Å². The molecule has 9 nitrogen and oxygen atoms in total. The Labute approximate surface area is 156 Å². The number of hydrogen-bond donors (Lipinski definition) is 6. The molecule has 0 spiro atoms. The molecular weight excluding hydrogens is 336 g/mol. The van der Waals surface area contributed by atoms with Gasteiger partial charge in [-0.3, -0.25) is 0 Å². The number of hydrogen-bond acceptors (Lipinski definition) is 3. The second-order valence-electron chi connectivity index (χ2n) is 6.44. The lowest BCUT2D eigenvalue weighted by molar-refractivity contribution is 0.219. The van der Waals surface area contributed by atoms with Crippen molar-refractivity contribution in [1.29, 1.82) is 0 Å². The van der Waals surface area contributed by atoms with Crippen LogP contribution in [0, 0.1) is 0 Å². The highest BCUT2D eigenvalue weighted by atomic mass is 16.2. The fourth-order valence-corrected chi connectivity index (χ4v) is 2.61. The topological polar surface area (TPSA) is 151 Å². The SMILES string of the molecule is CCCCCCC(NC(N)=O)NC(=O)NC(CCCCCC)NC(N)=O. The number of carbonyl (C=O) groups excluding carboxylic acids is 3. The van der Waals surface area contributed by atoms with Crippen molar-refractivity contribution in [1.82, 2.24) is 21.3 Å². The average Bonchev–Trinajstić information content (AvgIpc) is 2.54. The predicted octanol–water partition coefficient (Wildman–Crippen LogP) is 2.22. The first-order valence-corrected chi connectivity index (χ1v) is 9.58. The molecule has 152 valence electrons. The molecule has 0 aromatic carbocycles. The Morgan fingerprint density at radius 3 is 1.35 bits per heavy atom. The third kappa shape index (κ3) is 14.2. The van der Waals surface area contributed by atoms with Crippen molar-refractivity contribution in [3.05, 3.63) is 0 Å². The van der Waals surface area contributed by atoms with Crippen molar-refractivity contribution >= 4 is 18.1 Å². The maximum absolute atomic E-state index is 12.2. The van der Waals surface area contributed by atoms with E-state index in [0.717, 1.165) is 51.4 Å². The number of carbonyl (C=O) groups is 3. The van der Waals surface area contributed by atoms with Crippen molar-refractivity contribution in [2.24, 2.45) is 11.5 Å². The molecule has 0 aliphatic heterocycles. The lowest BCUT2D eigenvalue weighted by atomic mass is 10.1. The summed E-state index contributed by atoms with van der Waals surface area (Å²) in [7, 11) is 0. The van der Waals surface area contributed by atoms with Gasteiger partial charge in [-0.15, -0.1) is 0 Å². The maximum atomic E-state index is 12.2. The number of nitrogens with two attached hydrogens (primary N) is 2. The Bertz CT molecular complexity index is 383. The molecule has 0 saturated heterocycles. The molecule has 8 N–H and O–H groups in total. The standard InChI is InChI=1S/C17H36N6O3/c1-3-5-7-9-11-13(20-15(18)24)22-17(26)23-14(21-16(19)25)12-10-8-6-4-2/h13-14H,3-12H2,1-2H3,(H3,18,20,24)(H3,19,21,25)(H2,22,23,26). The van der Waals surface area contributed by atoms with Gasteiger partial charge in [-0.05, 0) is 25.7 Å². The Morgan fingerprint density at radius 2 is 1.04 bits per heavy atom. The fourth-order valence-electron chi connectivity index (χ4n) is 2.61. The van der Waals surface area contributed by atoms with Crippen molar-refractivity contribution in [3.63, 3.8) is 0 Å². The molecular formula is C17H36N6O3. The highest BCUT2D eigenvalue weighted by Gasteiger charge is 2.17. The molecule has 0 radical (unpaired) electrons. The normalized spacial score (nSPS) is 12.7. The number of nitrogens with one attached hydrogen (secondary N) is 4. The third-order valence-electron chi connectivity index (χ3n) is 3.94. The molecule has 9 heteroatoms. The molecule has 0 rings (SSSR count). The van der Waals surface area contributed by atoms with Gasteiger partial charge in [-0.2, -0.15) is 0 Å². The number of rotatable bonds is 14. The summed E-state index contributed by atoms with van der Waals surface area (Å²) in [6.45, 7) is 4.22. The quantitative estimate of drug-likeness (QED) is 0.205. The van der Waals surface area contributed by atoms with E-state index in [4.69, 9.17) is 11.5 Å². The molecule has 2 unspecified atom stereocenters. The van der Waals surface area contributed by atoms with Gasteiger partial charge in [0, 0.05) is 0 Å². The lowest BCUT2D eigenvalue weighted by Crippen LogP contribution is -2.57. The highest BCUT2D eigenvalue weighted by molar-refractivity contribution is 5.77. The van der Waals surface area contributed by atoms with Crippen LogP contribution >= 0.6 is 0 Å². The summed E-state index contributed by atoms with van der Waals surface area (Å²) in [5.41, 5.74) is 10.3. The van der Waals surface area contributed by atoms with Crippen molar-refractivity contribution in [2.45, 2.75) is 90.4 Å². The number of unbranched alkanes of at least 4 members (excludes halogenated alkanes) is 6. The highest BCUT2D eigenvalue weighted by Crippen LogP contribution is 2.06. The van der Waals surface area contributed by atoms with Crippen LogP contribution < -0.4 is 32.7 Å². The summed E-state index contributed by atoms with van der Waals surface area (Å²) in [5, 5.41) is 10.4. The van der Waals surface area contributed by atoms with Crippen molar-refractivity contribution in [3.8, 4) is 0 Å². The molecule has 0 bridgehead atoms. The molecule has 0 fully saturated rings. The monoisotopic (exact) mass is 372 g/mol. The molecule has 0 aliphatic rings. The van der Waals surface area contributed by atoms with Gasteiger partial charge < -0.3 is 32.7 Å². The van der Waals surface area contributed by atoms with E-state index in [2.05, 4.69) is 35.1 Å². The summed E-state index contributed by atoms with van der Waals surface area (Å²) in [4.78, 5) is 34.4. The smallest absolute Gasteiger partial charge is 0.318 e. The maximum Gasteiger partial charge on any atom is 0.318 e. The Balaban J connectivity index is 4.48. The van der Waals surface area contributed by atoms with Crippen LogP contribution in [0.3, 0.4) is 0 Å². The van der Waals surface area contributed by atoms with E-state index >= 15 is 0 Å². The van der Waals surface area contributed by atoms with Crippen LogP contribution in [0.4, 0.5) is 14.4 Å². The molecule has 0 aromatic rings. The minimum absolute atomic E-state index is 0.492. The van der Waals surface area contributed by atoms with Gasteiger partial charge in [-0.25, -0.2) is 14.4 Å². The number of amides is 6. The third-order valence-corrected chi connectivity index (χ3v) is 3.94. The first-order chi connectivity index (χ1) is 12.4. The van der Waals surface area contributed by atoms with Crippen molar-refractivity contribution < 1.29 is 14.4 Å². The van der Waals surface area contributed by atoms with E-state index in [1.54, 1.807) is 0 Å². The summed E-state index contributed by atoms with van der Waals surface area (Å²) >= 11 is 0. The van der Waals surface area contributed by atoms with Crippen LogP contribution in [0.25, 0.3) is 0 Å². The first-order valence-electron chi connectivity index (χ1n) is 9.58. The zero-order valence-electron chi connectivity index (χ0n) is 16.1. The van der Waals surface area contributed by atoms with Crippen LogP contribution in [0.2, 0.25) is 0 Å². The summed E-state index contributed by atoms with van der Waals surface area (Å²) in [6.07, 6.45) is 8.19. The molecule has 26 heavy (non-hydrogen) atoms. The van der Waals surface area contributed by atoms with E-state index in [9.17, 15) is 14.4 Å². The van der Waals surface area contributed by atoms with E-state index in [0.29, 0.717) is 12.8 Å². The van der Waals surface area contributed by atoms with Crippen LogP contribution in [-0.4, -0.2) is 30.4 Å². The molecule has 0 aliphatic carbocycles. The van der Waals surface area contributed by atoms with Crippen LogP contribution in [0.1, 0.15) is 78.1 Å². The zero-order chi connectivity index (χ0) is 19.8. The van der Waals surface area contributed by atoms with E-state index in [1.165, 1.54) is 0 Å². The van der Waals surface area contributed by atoms with Gasteiger partial charge in [0.25, 0.3) is 0 Å². The summed E-state index contributed by atoms with van der Waals surface area (Å²) in [5.74, 6) is 0. The molecule has 6 amide bonds. The van der Waals surface area contributed by atoms with Crippen LogP contribution in [0.5, 0.6) is 0 Å². The van der Waals surface area contributed by atoms with Gasteiger partial charge in [-0.1, -0.05) is 52.4 Å². The van der Waals surface area contributed by atoms with Gasteiger partial charge >= 0.3 is 18.1 Å². The average molecular weight is 373 g/mol. The van der Waals surface area contributed by atoms with E-state index < -0.39 is 30.4 Å². The zero-order valence-corrected chi connectivity index (χ0v) is 16.1. The lowest BCUT2D eigenvalue weighted by Gasteiger charge is -2.23. The minimum Gasteiger partial charge on any atom is -0.352 e. The summed E-state index contributed by atoms with van der Waals surface area (Å²) in [6, 6.07) is -1.89. The first kappa shape index (κ1) is 23.8. The van der Waals surface area contributed by atoms with Gasteiger partial charge in [0.1, 0.15) is 12.3 Å². The Morgan fingerprint density at radius 1 is 0.654 bits per heavy atom. The van der Waals surface area contributed by atoms with E-state index in [-0.39, 0.29) is 0 Å². The largest absolute Gasteiger partial charge is 0.352 e. The van der Waals surface area contributed by atoms with Gasteiger partial charge in [0.15, 0.2) is 0 Å². The number of urea groups is 3. The number of primary amides is 2. The molecule has 0 aromatic heterocycles. The van der Waals surface area contributed by atoms with Crippen LogP contribution in [-0.2, 0) is 0 Å². The molecule has 2 atom stereocenters. The summed E-state index contributed by atoms with van der Waals surface area (Å²) < 4.78 is 0. The van der Waals surface area contributed by atoms with Crippen LogP contribution in [0.15, 0.2) is 0 Å². The molecule has 0 saturated carbocycles. The molecule has 0 heterocycles. The minimum atomic E-state index is -0.697. The van der Waals surface area contributed by atoms with Crippen molar-refractivity contribution in [2.75, 3.05) is 0 Å². The Kier molecular flexibility index (Phi) is 13.8. The predicted molar refractivity (Wildman–Crippen MR) is 102 cm³/mol. The fraction of sp³-hybridized carbons (Fsp3) is 0.824. The van der Waals surface area contributed by atoms with Gasteiger partial charge in [0.2, 0.25) is 0 Å².